The van der Waals surface area contributed by atoms with Gasteiger partial charge in [0.15, 0.2) is 5.82 Å². The van der Waals surface area contributed by atoms with Gasteiger partial charge in [-0.3, -0.25) is 0 Å². The second-order valence-electron chi connectivity index (χ2n) is 4.32. The first-order chi connectivity index (χ1) is 9.74. The molecule has 0 atom stereocenters. The molecule has 1 aromatic heterocycles. The minimum atomic E-state index is 0.457. The van der Waals surface area contributed by atoms with Crippen LogP contribution in [0.2, 0.25) is 5.15 Å². The van der Waals surface area contributed by atoms with E-state index in [0.717, 1.165) is 23.3 Å². The molecule has 3 heteroatoms. The summed E-state index contributed by atoms with van der Waals surface area (Å²) in [6, 6.07) is 11.8. The van der Waals surface area contributed by atoms with Crippen LogP contribution in [-0.4, -0.2) is 9.97 Å². The van der Waals surface area contributed by atoms with E-state index in [1.807, 2.05) is 49.4 Å². The van der Waals surface area contributed by atoms with Crippen molar-refractivity contribution in [3.05, 3.63) is 65.6 Å². The standard InChI is InChI=1S/C17H17ClN2/c1-3-5-9-13(4-2)17-19-15(12-16(18)20-17)14-10-7-6-8-11-14/h4-12H,3H2,1-2H3/b9-5-,13-4+. The second-order valence-corrected chi connectivity index (χ2v) is 4.71. The molecule has 20 heavy (non-hydrogen) atoms. The van der Waals surface area contributed by atoms with Crippen LogP contribution in [0.1, 0.15) is 26.1 Å². The van der Waals surface area contributed by atoms with Gasteiger partial charge in [-0.25, -0.2) is 9.97 Å². The highest BCUT2D eigenvalue weighted by Crippen LogP contribution is 2.22. The smallest absolute Gasteiger partial charge is 0.161 e. The van der Waals surface area contributed by atoms with Gasteiger partial charge in [0.05, 0.1) is 5.69 Å². The molecule has 0 spiro atoms. The number of halogens is 1. The number of benzene rings is 1. The van der Waals surface area contributed by atoms with Gasteiger partial charge in [-0.1, -0.05) is 67.1 Å². The summed E-state index contributed by atoms with van der Waals surface area (Å²) in [5.74, 6) is 0.656. The van der Waals surface area contributed by atoms with Gasteiger partial charge in [0.25, 0.3) is 0 Å². The number of hydrogen-bond acceptors (Lipinski definition) is 2. The fourth-order valence-electron chi connectivity index (χ4n) is 1.85. The topological polar surface area (TPSA) is 25.8 Å². The molecular weight excluding hydrogens is 268 g/mol. The van der Waals surface area contributed by atoms with Crippen molar-refractivity contribution >= 4 is 17.2 Å². The van der Waals surface area contributed by atoms with Crippen molar-refractivity contribution in [2.45, 2.75) is 20.3 Å². The van der Waals surface area contributed by atoms with E-state index in [1.54, 1.807) is 6.07 Å². The molecule has 0 aliphatic heterocycles. The third kappa shape index (κ3) is 3.55. The molecule has 0 bridgehead atoms. The molecule has 0 amide bonds. The van der Waals surface area contributed by atoms with Crippen molar-refractivity contribution in [3.8, 4) is 11.3 Å². The summed E-state index contributed by atoms with van der Waals surface area (Å²) in [6.45, 7) is 4.07. The Morgan fingerprint density at radius 1 is 1.20 bits per heavy atom. The number of nitrogens with zero attached hydrogens (tertiary/aromatic N) is 2. The first-order valence-corrected chi connectivity index (χ1v) is 7.05. The van der Waals surface area contributed by atoms with E-state index in [9.17, 15) is 0 Å². The predicted octanol–water partition coefficient (Wildman–Crippen LogP) is 5.17. The maximum atomic E-state index is 6.13. The lowest BCUT2D eigenvalue weighted by atomic mass is 10.1. The number of rotatable bonds is 4. The van der Waals surface area contributed by atoms with Crippen LogP contribution in [0.25, 0.3) is 16.8 Å². The molecule has 0 N–H and O–H groups in total. The summed E-state index contributed by atoms with van der Waals surface area (Å²) in [5.41, 5.74) is 2.85. The molecule has 1 aromatic carbocycles. The second kappa shape index (κ2) is 7.01. The summed E-state index contributed by atoms with van der Waals surface area (Å²) in [7, 11) is 0. The zero-order chi connectivity index (χ0) is 14.4. The van der Waals surface area contributed by atoms with Crippen LogP contribution in [0.15, 0.2) is 54.6 Å². The quantitative estimate of drug-likeness (QED) is 0.572. The van der Waals surface area contributed by atoms with Crippen molar-refractivity contribution in [2.75, 3.05) is 0 Å². The van der Waals surface area contributed by atoms with Crippen molar-refractivity contribution in [1.29, 1.82) is 0 Å². The van der Waals surface area contributed by atoms with Crippen LogP contribution in [-0.2, 0) is 0 Å². The van der Waals surface area contributed by atoms with Crippen molar-refractivity contribution in [1.82, 2.24) is 9.97 Å². The molecule has 102 valence electrons. The van der Waals surface area contributed by atoms with E-state index in [1.165, 1.54) is 0 Å². The average molecular weight is 285 g/mol. The summed E-state index contributed by atoms with van der Waals surface area (Å²) in [4.78, 5) is 8.93. The zero-order valence-electron chi connectivity index (χ0n) is 11.7. The van der Waals surface area contributed by atoms with Crippen molar-refractivity contribution in [3.63, 3.8) is 0 Å². The Hall–Kier alpha value is -1.93. The highest BCUT2D eigenvalue weighted by molar-refractivity contribution is 6.29. The molecule has 2 nitrogen and oxygen atoms in total. The van der Waals surface area contributed by atoms with E-state index in [-0.39, 0.29) is 0 Å². The Balaban J connectivity index is 2.46. The predicted molar refractivity (Wildman–Crippen MR) is 85.6 cm³/mol. The minimum Gasteiger partial charge on any atom is -0.228 e. The number of hydrogen-bond donors (Lipinski definition) is 0. The van der Waals surface area contributed by atoms with Gasteiger partial charge in [0.1, 0.15) is 5.15 Å². The van der Waals surface area contributed by atoms with E-state index in [2.05, 4.69) is 23.0 Å². The fourth-order valence-corrected chi connectivity index (χ4v) is 2.03. The molecule has 0 fully saturated rings. The van der Waals surface area contributed by atoms with E-state index in [4.69, 9.17) is 11.6 Å². The maximum absolute atomic E-state index is 6.13. The van der Waals surface area contributed by atoms with Crippen LogP contribution < -0.4 is 0 Å². The summed E-state index contributed by atoms with van der Waals surface area (Å²) in [5, 5.41) is 0.457. The van der Waals surface area contributed by atoms with Gasteiger partial charge in [0, 0.05) is 17.2 Å². The van der Waals surface area contributed by atoms with Crippen molar-refractivity contribution < 1.29 is 0 Å². The zero-order valence-corrected chi connectivity index (χ0v) is 12.4. The number of allylic oxidation sites excluding steroid dienone is 4. The van der Waals surface area contributed by atoms with Crippen LogP contribution in [0.3, 0.4) is 0 Å². The molecule has 2 rings (SSSR count). The van der Waals surface area contributed by atoms with Gasteiger partial charge >= 0.3 is 0 Å². The Morgan fingerprint density at radius 2 is 1.95 bits per heavy atom. The molecule has 2 aromatic rings. The van der Waals surface area contributed by atoms with Crippen LogP contribution in [0.5, 0.6) is 0 Å². The molecule has 0 radical (unpaired) electrons. The van der Waals surface area contributed by atoms with Crippen molar-refractivity contribution in [2.24, 2.45) is 0 Å². The van der Waals surface area contributed by atoms with Gasteiger partial charge in [-0.2, -0.15) is 0 Å². The fraction of sp³-hybridized carbons (Fsp3) is 0.176. The summed E-state index contributed by atoms with van der Waals surface area (Å²) < 4.78 is 0. The maximum Gasteiger partial charge on any atom is 0.161 e. The molecule has 0 saturated carbocycles. The lowest BCUT2D eigenvalue weighted by molar-refractivity contribution is 1.12. The lowest BCUT2D eigenvalue weighted by Gasteiger charge is -2.06. The Bertz CT molecular complexity index is 631. The van der Waals surface area contributed by atoms with Crippen LogP contribution in [0, 0.1) is 0 Å². The van der Waals surface area contributed by atoms with Gasteiger partial charge in [0.2, 0.25) is 0 Å². The summed E-state index contributed by atoms with van der Waals surface area (Å²) >= 11 is 6.13. The van der Waals surface area contributed by atoms with Gasteiger partial charge < -0.3 is 0 Å². The number of aromatic nitrogens is 2. The first kappa shape index (κ1) is 14.5. The molecule has 1 heterocycles. The Morgan fingerprint density at radius 3 is 2.60 bits per heavy atom. The normalized spacial score (nSPS) is 12.1. The van der Waals surface area contributed by atoms with Crippen LogP contribution in [0.4, 0.5) is 0 Å². The largest absolute Gasteiger partial charge is 0.228 e. The lowest BCUT2D eigenvalue weighted by Crippen LogP contribution is -1.96. The highest BCUT2D eigenvalue weighted by Gasteiger charge is 2.07. The van der Waals surface area contributed by atoms with E-state index in [0.29, 0.717) is 11.0 Å². The SMILES string of the molecule is C/C=C(\C=C/CC)c1nc(Cl)cc(-c2ccccc2)n1. The van der Waals surface area contributed by atoms with Gasteiger partial charge in [-0.15, -0.1) is 0 Å². The van der Waals surface area contributed by atoms with Gasteiger partial charge in [-0.05, 0) is 13.3 Å². The van der Waals surface area contributed by atoms with E-state index < -0.39 is 0 Å². The molecule has 0 unspecified atom stereocenters. The highest BCUT2D eigenvalue weighted by atomic mass is 35.5. The minimum absolute atomic E-state index is 0.457. The Labute approximate surface area is 124 Å². The first-order valence-electron chi connectivity index (χ1n) is 6.67. The average Bonchev–Trinajstić information content (AvgIpc) is 2.48. The molecule has 0 aliphatic carbocycles. The third-order valence-corrected chi connectivity index (χ3v) is 3.06. The molecular formula is C17H17ClN2. The van der Waals surface area contributed by atoms with Crippen LogP contribution >= 0.6 is 11.6 Å². The molecule has 0 aliphatic rings. The third-order valence-electron chi connectivity index (χ3n) is 2.87. The van der Waals surface area contributed by atoms with E-state index >= 15 is 0 Å². The monoisotopic (exact) mass is 284 g/mol. The Kier molecular flexibility index (Phi) is 5.08. The summed E-state index contributed by atoms with van der Waals surface area (Å²) in [6.07, 6.45) is 7.08. The molecule has 0 saturated heterocycles.